The predicted molar refractivity (Wildman–Crippen MR) is 64.2 cm³/mol. The fourth-order valence-electron chi connectivity index (χ4n) is 1.48. The van der Waals surface area contributed by atoms with E-state index in [0.29, 0.717) is 17.7 Å². The standard InChI is InChI=1S/C12H18N2O2/c1-3-10(7-15)14-12(16)11-5-4-9(13)6-8(11)2/h4-6,10,15H,3,7,13H2,1-2H3,(H,14,16)/t10-/m0/s1. The molecule has 0 saturated carbocycles. The molecule has 0 fully saturated rings. The van der Waals surface area contributed by atoms with Crippen molar-refractivity contribution in [3.8, 4) is 0 Å². The molecule has 1 aromatic carbocycles. The van der Waals surface area contributed by atoms with Crippen LogP contribution in [0.4, 0.5) is 5.69 Å². The van der Waals surface area contributed by atoms with Gasteiger partial charge in [0.2, 0.25) is 0 Å². The first kappa shape index (κ1) is 12.5. The molecule has 0 unspecified atom stereocenters. The lowest BCUT2D eigenvalue weighted by atomic mass is 10.1. The van der Waals surface area contributed by atoms with Crippen LogP contribution in [0.5, 0.6) is 0 Å². The van der Waals surface area contributed by atoms with E-state index < -0.39 is 0 Å². The van der Waals surface area contributed by atoms with E-state index in [2.05, 4.69) is 5.32 Å². The number of rotatable bonds is 4. The van der Waals surface area contributed by atoms with Crippen molar-refractivity contribution in [2.75, 3.05) is 12.3 Å². The smallest absolute Gasteiger partial charge is 0.251 e. The van der Waals surface area contributed by atoms with Gasteiger partial charge in [-0.15, -0.1) is 0 Å². The first-order valence-corrected chi connectivity index (χ1v) is 5.36. The lowest BCUT2D eigenvalue weighted by Gasteiger charge is -2.15. The summed E-state index contributed by atoms with van der Waals surface area (Å²) in [7, 11) is 0. The largest absolute Gasteiger partial charge is 0.399 e. The molecule has 0 aromatic heterocycles. The summed E-state index contributed by atoms with van der Waals surface area (Å²) >= 11 is 0. The minimum Gasteiger partial charge on any atom is -0.399 e. The zero-order valence-electron chi connectivity index (χ0n) is 9.66. The zero-order chi connectivity index (χ0) is 12.1. The Bertz CT molecular complexity index is 373. The van der Waals surface area contributed by atoms with E-state index in [-0.39, 0.29) is 18.6 Å². The molecular weight excluding hydrogens is 204 g/mol. The van der Waals surface area contributed by atoms with E-state index >= 15 is 0 Å². The third kappa shape index (κ3) is 2.97. The maximum Gasteiger partial charge on any atom is 0.251 e. The highest BCUT2D eigenvalue weighted by Gasteiger charge is 2.12. The molecule has 0 bridgehead atoms. The van der Waals surface area contributed by atoms with Crippen LogP contribution in [0.1, 0.15) is 29.3 Å². The highest BCUT2D eigenvalue weighted by atomic mass is 16.3. The van der Waals surface area contributed by atoms with Crippen molar-refractivity contribution in [2.24, 2.45) is 0 Å². The molecule has 0 aliphatic carbocycles. The lowest BCUT2D eigenvalue weighted by molar-refractivity contribution is 0.0914. The van der Waals surface area contributed by atoms with Crippen molar-refractivity contribution in [1.82, 2.24) is 5.32 Å². The Kier molecular flexibility index (Phi) is 4.31. The number of nitrogens with one attached hydrogen (secondary N) is 1. The second-order valence-corrected chi connectivity index (χ2v) is 3.84. The van der Waals surface area contributed by atoms with Gasteiger partial charge >= 0.3 is 0 Å². The van der Waals surface area contributed by atoms with Crippen molar-refractivity contribution < 1.29 is 9.90 Å². The Hall–Kier alpha value is -1.55. The van der Waals surface area contributed by atoms with Crippen LogP contribution in [0.25, 0.3) is 0 Å². The number of aryl methyl sites for hydroxylation is 1. The highest BCUT2D eigenvalue weighted by Crippen LogP contribution is 2.12. The third-order valence-corrected chi connectivity index (χ3v) is 2.54. The number of amides is 1. The van der Waals surface area contributed by atoms with Crippen molar-refractivity contribution in [2.45, 2.75) is 26.3 Å². The van der Waals surface area contributed by atoms with E-state index in [9.17, 15) is 4.79 Å². The summed E-state index contributed by atoms with van der Waals surface area (Å²) in [5.74, 6) is -0.168. The fraction of sp³-hybridized carbons (Fsp3) is 0.417. The second-order valence-electron chi connectivity index (χ2n) is 3.84. The molecule has 1 amide bonds. The molecular formula is C12H18N2O2. The van der Waals surface area contributed by atoms with Crippen molar-refractivity contribution in [1.29, 1.82) is 0 Å². The number of anilines is 1. The van der Waals surface area contributed by atoms with Crippen LogP contribution in [0.2, 0.25) is 0 Å². The topological polar surface area (TPSA) is 75.3 Å². The van der Waals surface area contributed by atoms with E-state index in [4.69, 9.17) is 10.8 Å². The SMILES string of the molecule is CC[C@@H](CO)NC(=O)c1ccc(N)cc1C. The van der Waals surface area contributed by atoms with Gasteiger partial charge in [0.25, 0.3) is 5.91 Å². The molecule has 4 nitrogen and oxygen atoms in total. The summed E-state index contributed by atoms with van der Waals surface area (Å²) in [5.41, 5.74) is 7.69. The maximum absolute atomic E-state index is 11.8. The van der Waals surface area contributed by atoms with Crippen LogP contribution in [-0.2, 0) is 0 Å². The van der Waals surface area contributed by atoms with Gasteiger partial charge in [0.05, 0.1) is 12.6 Å². The number of hydrogen-bond donors (Lipinski definition) is 3. The van der Waals surface area contributed by atoms with Gasteiger partial charge in [0, 0.05) is 11.3 Å². The van der Waals surface area contributed by atoms with Crippen LogP contribution in [0.3, 0.4) is 0 Å². The normalized spacial score (nSPS) is 12.2. The average molecular weight is 222 g/mol. The number of nitrogens with two attached hydrogens (primary N) is 1. The van der Waals surface area contributed by atoms with Crippen LogP contribution in [-0.4, -0.2) is 23.7 Å². The molecule has 0 heterocycles. The molecule has 0 spiro atoms. The van der Waals surface area contributed by atoms with E-state index in [1.165, 1.54) is 0 Å². The third-order valence-electron chi connectivity index (χ3n) is 2.54. The van der Waals surface area contributed by atoms with Gasteiger partial charge in [-0.2, -0.15) is 0 Å². The molecule has 1 atom stereocenters. The van der Waals surface area contributed by atoms with Crippen molar-refractivity contribution in [3.63, 3.8) is 0 Å². The van der Waals surface area contributed by atoms with E-state index in [1.807, 2.05) is 13.8 Å². The van der Waals surface area contributed by atoms with Crippen LogP contribution in [0.15, 0.2) is 18.2 Å². The number of carbonyl (C=O) groups is 1. The molecule has 0 radical (unpaired) electrons. The number of hydrogen-bond acceptors (Lipinski definition) is 3. The number of aliphatic hydroxyl groups excluding tert-OH is 1. The molecule has 0 aliphatic heterocycles. The van der Waals surface area contributed by atoms with Crippen LogP contribution >= 0.6 is 0 Å². The first-order chi connectivity index (χ1) is 7.58. The first-order valence-electron chi connectivity index (χ1n) is 5.36. The van der Waals surface area contributed by atoms with E-state index in [0.717, 1.165) is 5.56 Å². The molecule has 1 rings (SSSR count). The summed E-state index contributed by atoms with van der Waals surface area (Å²) in [6, 6.07) is 4.96. The van der Waals surface area contributed by atoms with Gasteiger partial charge < -0.3 is 16.2 Å². The number of nitrogen functional groups attached to an aromatic ring is 1. The number of aliphatic hydroxyl groups is 1. The lowest BCUT2D eigenvalue weighted by Crippen LogP contribution is -2.37. The molecule has 1 aromatic rings. The van der Waals surface area contributed by atoms with Gasteiger partial charge in [0.15, 0.2) is 0 Å². The monoisotopic (exact) mass is 222 g/mol. The van der Waals surface area contributed by atoms with Crippen molar-refractivity contribution >= 4 is 11.6 Å². The highest BCUT2D eigenvalue weighted by molar-refractivity contribution is 5.96. The summed E-state index contributed by atoms with van der Waals surface area (Å²) < 4.78 is 0. The van der Waals surface area contributed by atoms with Crippen LogP contribution < -0.4 is 11.1 Å². The molecule has 0 saturated heterocycles. The Labute approximate surface area is 95.5 Å². The minimum absolute atomic E-state index is 0.0454. The van der Waals surface area contributed by atoms with E-state index in [1.54, 1.807) is 18.2 Å². The average Bonchev–Trinajstić information content (AvgIpc) is 2.25. The Morgan fingerprint density at radius 3 is 2.75 bits per heavy atom. The van der Waals surface area contributed by atoms with Gasteiger partial charge in [0.1, 0.15) is 0 Å². The maximum atomic E-state index is 11.8. The molecule has 4 N–H and O–H groups in total. The molecule has 16 heavy (non-hydrogen) atoms. The summed E-state index contributed by atoms with van der Waals surface area (Å²) in [4.78, 5) is 11.8. The van der Waals surface area contributed by atoms with Gasteiger partial charge in [-0.1, -0.05) is 6.92 Å². The summed E-state index contributed by atoms with van der Waals surface area (Å²) in [6.45, 7) is 3.71. The van der Waals surface area contributed by atoms with Gasteiger partial charge in [-0.05, 0) is 37.1 Å². The number of carbonyl (C=O) groups excluding carboxylic acids is 1. The zero-order valence-corrected chi connectivity index (χ0v) is 9.66. The molecule has 4 heteroatoms. The van der Waals surface area contributed by atoms with Crippen LogP contribution in [0, 0.1) is 6.92 Å². The van der Waals surface area contributed by atoms with Gasteiger partial charge in [-0.25, -0.2) is 0 Å². The minimum atomic E-state index is -0.190. The fourth-order valence-corrected chi connectivity index (χ4v) is 1.48. The van der Waals surface area contributed by atoms with Gasteiger partial charge in [-0.3, -0.25) is 4.79 Å². The summed E-state index contributed by atoms with van der Waals surface area (Å²) in [5, 5.41) is 11.8. The summed E-state index contributed by atoms with van der Waals surface area (Å²) in [6.07, 6.45) is 0.705. The predicted octanol–water partition coefficient (Wildman–Crippen LogP) is 1.08. The van der Waals surface area contributed by atoms with Crippen molar-refractivity contribution in [3.05, 3.63) is 29.3 Å². The Morgan fingerprint density at radius 1 is 1.56 bits per heavy atom. The second kappa shape index (κ2) is 5.51. The molecule has 88 valence electrons. The quantitative estimate of drug-likeness (QED) is 0.667. The Morgan fingerprint density at radius 2 is 2.25 bits per heavy atom. The molecule has 0 aliphatic rings. The Balaban J connectivity index is 2.80. The number of benzene rings is 1.